The van der Waals surface area contributed by atoms with E-state index in [0.717, 1.165) is 0 Å². The number of hydroxylamine groups is 2. The monoisotopic (exact) mass is 541 g/mol. The lowest BCUT2D eigenvalue weighted by atomic mass is 10.2. The Hall–Kier alpha value is -2.30. The lowest BCUT2D eigenvalue weighted by Crippen LogP contribution is -2.37. The maximum atomic E-state index is 12.6. The van der Waals surface area contributed by atoms with E-state index < -0.39 is 32.1 Å². The highest BCUT2D eigenvalue weighted by Crippen LogP contribution is 2.51. The quantitative estimate of drug-likeness (QED) is 0.289. The Morgan fingerprint density at radius 3 is 2.54 bits per heavy atom. The van der Waals surface area contributed by atoms with Gasteiger partial charge in [-0.15, -0.1) is 0 Å². The second-order valence-corrected chi connectivity index (χ2v) is 10.3. The summed E-state index contributed by atoms with van der Waals surface area (Å²) in [6, 6.07) is 3.46. The van der Waals surface area contributed by atoms with Crippen molar-refractivity contribution in [2.24, 2.45) is 0 Å². The number of aromatic nitrogens is 2. The molecule has 14 heteroatoms. The molecule has 206 valence electrons. The van der Waals surface area contributed by atoms with Gasteiger partial charge in [0.1, 0.15) is 6.61 Å². The Morgan fingerprint density at radius 2 is 1.95 bits per heavy atom. The minimum absolute atomic E-state index is 0.0223. The zero-order valence-electron chi connectivity index (χ0n) is 21.9. The second-order valence-electron chi connectivity index (χ2n) is 8.92. The van der Waals surface area contributed by atoms with E-state index in [9.17, 15) is 9.59 Å². The van der Waals surface area contributed by atoms with Gasteiger partial charge in [0.15, 0.2) is 17.6 Å². The second kappa shape index (κ2) is 14.0. The Morgan fingerprint density at radius 1 is 1.24 bits per heavy atom. The molecule has 0 spiro atoms. The van der Waals surface area contributed by atoms with Crippen molar-refractivity contribution in [1.29, 1.82) is 5.26 Å². The Labute approximate surface area is 217 Å². The van der Waals surface area contributed by atoms with E-state index in [-0.39, 0.29) is 31.7 Å². The average molecular weight is 542 g/mol. The molecule has 0 radical (unpaired) electrons. The molecule has 13 nitrogen and oxygen atoms in total. The normalized spacial score (nSPS) is 21.5. The topological polar surface area (TPSA) is 141 Å². The van der Waals surface area contributed by atoms with Crippen molar-refractivity contribution >= 4 is 8.53 Å². The van der Waals surface area contributed by atoms with Crippen LogP contribution in [-0.2, 0) is 28.1 Å². The first-order chi connectivity index (χ1) is 17.8. The average Bonchev–Trinajstić information content (AvgIpc) is 3.19. The third-order valence-corrected chi connectivity index (χ3v) is 7.68. The fourth-order valence-corrected chi connectivity index (χ4v) is 5.66. The van der Waals surface area contributed by atoms with Crippen molar-refractivity contribution in [2.75, 3.05) is 46.6 Å². The van der Waals surface area contributed by atoms with Crippen LogP contribution < -0.4 is 11.2 Å². The number of methoxy groups -OCH3 is 1. The smallest absolute Gasteiger partial charge is 0.331 e. The predicted molar refractivity (Wildman–Crippen MR) is 134 cm³/mol. The van der Waals surface area contributed by atoms with Gasteiger partial charge in [0, 0.05) is 44.5 Å². The number of H-pyrrole nitrogens is 1. The predicted octanol–water partition coefficient (Wildman–Crippen LogP) is 1.85. The molecule has 2 unspecified atom stereocenters. The minimum Gasteiger partial charge on any atom is -0.465 e. The van der Waals surface area contributed by atoms with Crippen LogP contribution in [0.2, 0.25) is 0 Å². The molecule has 0 aliphatic carbocycles. The van der Waals surface area contributed by atoms with Gasteiger partial charge in [-0.1, -0.05) is 0 Å². The molecule has 3 heterocycles. The standard InChI is InChI=1S/C23H36N5O8P/c1-16(2)28(17(3)4)37(34-12-6-8-24)36-20-18(15-33-26-10-13-32-14-11-26)35-22(21(20)31-5)27-9-7-19(29)25-23(27)30/h7,9,16-17,21-22H,6,10-15H2,1-5H3,(H,25,29,30)/t21?,22-,37?/m1/s1. The van der Waals surface area contributed by atoms with E-state index in [4.69, 9.17) is 33.4 Å². The van der Waals surface area contributed by atoms with Crippen molar-refractivity contribution in [3.8, 4) is 6.07 Å². The van der Waals surface area contributed by atoms with Crippen LogP contribution in [0.5, 0.6) is 0 Å². The number of nitrogens with zero attached hydrogens (tertiary/aromatic N) is 4. The van der Waals surface area contributed by atoms with Crippen molar-refractivity contribution < 1.29 is 28.1 Å². The van der Waals surface area contributed by atoms with Crippen molar-refractivity contribution in [3.05, 3.63) is 44.6 Å². The number of hydrogen-bond acceptors (Lipinski definition) is 11. The molecule has 0 amide bonds. The van der Waals surface area contributed by atoms with Gasteiger partial charge in [-0.3, -0.25) is 19.2 Å². The molecule has 37 heavy (non-hydrogen) atoms. The van der Waals surface area contributed by atoms with Crippen LogP contribution in [0.15, 0.2) is 33.4 Å². The van der Waals surface area contributed by atoms with Crippen LogP contribution in [0.4, 0.5) is 0 Å². The number of ether oxygens (including phenoxy) is 3. The zero-order chi connectivity index (χ0) is 26.9. The SMILES string of the molecule is COC1C(OP(OCCC#N)N(C(C)C)C(C)C)=C(CON2CCOCC2)O[C@H]1n1ccc(=O)[nH]c1=O. The molecular weight excluding hydrogens is 505 g/mol. The highest BCUT2D eigenvalue weighted by molar-refractivity contribution is 7.44. The molecule has 0 bridgehead atoms. The summed E-state index contributed by atoms with van der Waals surface area (Å²) in [4.78, 5) is 32.4. The highest BCUT2D eigenvalue weighted by Gasteiger charge is 2.44. The van der Waals surface area contributed by atoms with Gasteiger partial charge in [0.25, 0.3) is 5.56 Å². The summed E-state index contributed by atoms with van der Waals surface area (Å²) in [5, 5.41) is 10.8. The molecule has 0 aromatic carbocycles. The molecule has 1 fully saturated rings. The van der Waals surface area contributed by atoms with E-state index in [1.807, 2.05) is 27.7 Å². The molecule has 3 rings (SSSR count). The van der Waals surface area contributed by atoms with Crippen LogP contribution in [-0.4, -0.2) is 84.1 Å². The first-order valence-electron chi connectivity index (χ1n) is 12.2. The molecular formula is C23H36N5O8P. The lowest BCUT2D eigenvalue weighted by molar-refractivity contribution is -0.194. The Balaban J connectivity index is 1.95. The minimum atomic E-state index is -1.68. The summed E-state index contributed by atoms with van der Waals surface area (Å²) >= 11 is 0. The number of hydrogen-bond donors (Lipinski definition) is 1. The number of nitriles is 1. The van der Waals surface area contributed by atoms with Gasteiger partial charge in [-0.25, -0.2) is 9.46 Å². The van der Waals surface area contributed by atoms with Gasteiger partial charge in [0.2, 0.25) is 6.23 Å². The Bertz CT molecular complexity index is 1050. The fourth-order valence-electron chi connectivity index (χ4n) is 4.01. The van der Waals surface area contributed by atoms with Crippen LogP contribution in [0, 0.1) is 11.3 Å². The molecule has 3 atom stereocenters. The maximum absolute atomic E-state index is 12.6. The molecule has 1 saturated heterocycles. The first kappa shape index (κ1) is 29.3. The summed E-state index contributed by atoms with van der Waals surface area (Å²) in [7, 11) is -0.200. The van der Waals surface area contributed by atoms with Crippen LogP contribution >= 0.6 is 8.53 Å². The zero-order valence-corrected chi connectivity index (χ0v) is 22.8. The summed E-state index contributed by atoms with van der Waals surface area (Å²) in [6.45, 7) is 10.6. The van der Waals surface area contributed by atoms with Gasteiger partial charge < -0.3 is 23.3 Å². The van der Waals surface area contributed by atoms with Crippen molar-refractivity contribution in [2.45, 2.75) is 58.5 Å². The molecule has 2 aliphatic heterocycles. The fraction of sp³-hybridized carbons (Fsp3) is 0.696. The van der Waals surface area contributed by atoms with E-state index >= 15 is 0 Å². The van der Waals surface area contributed by atoms with Gasteiger partial charge in [0.05, 0.1) is 32.3 Å². The molecule has 0 saturated carbocycles. The van der Waals surface area contributed by atoms with E-state index in [0.29, 0.717) is 37.8 Å². The largest absolute Gasteiger partial charge is 0.465 e. The highest BCUT2D eigenvalue weighted by atomic mass is 31.2. The third-order valence-electron chi connectivity index (χ3n) is 5.62. The van der Waals surface area contributed by atoms with E-state index in [1.165, 1.54) is 23.9 Å². The van der Waals surface area contributed by atoms with Gasteiger partial charge in [-0.2, -0.15) is 10.3 Å². The number of nitrogens with one attached hydrogen (secondary N) is 1. The lowest BCUT2D eigenvalue weighted by Gasteiger charge is -2.36. The van der Waals surface area contributed by atoms with E-state index in [2.05, 4.69) is 15.7 Å². The van der Waals surface area contributed by atoms with E-state index in [1.54, 1.807) is 5.06 Å². The third kappa shape index (κ3) is 7.61. The molecule has 1 N–H and O–H groups in total. The Kier molecular flexibility index (Phi) is 11.1. The molecule has 2 aliphatic rings. The van der Waals surface area contributed by atoms with Gasteiger partial charge >= 0.3 is 14.2 Å². The molecule has 1 aromatic rings. The summed E-state index contributed by atoms with van der Waals surface area (Å²) in [5.41, 5.74) is -1.17. The molecule has 1 aromatic heterocycles. The van der Waals surface area contributed by atoms with Crippen LogP contribution in [0.3, 0.4) is 0 Å². The van der Waals surface area contributed by atoms with Gasteiger partial charge in [-0.05, 0) is 27.7 Å². The van der Waals surface area contributed by atoms with Crippen LogP contribution in [0.1, 0.15) is 40.3 Å². The number of aromatic amines is 1. The number of morpholine rings is 1. The summed E-state index contributed by atoms with van der Waals surface area (Å²) in [6.07, 6.45) is -0.229. The van der Waals surface area contributed by atoms with Crippen LogP contribution in [0.25, 0.3) is 0 Å². The van der Waals surface area contributed by atoms with Crippen molar-refractivity contribution in [1.82, 2.24) is 19.3 Å². The first-order valence-corrected chi connectivity index (χ1v) is 13.4. The van der Waals surface area contributed by atoms with Crippen molar-refractivity contribution in [3.63, 3.8) is 0 Å². The number of rotatable bonds is 13. The maximum Gasteiger partial charge on any atom is 0.331 e. The summed E-state index contributed by atoms with van der Waals surface area (Å²) in [5.74, 6) is 0.665. The summed E-state index contributed by atoms with van der Waals surface area (Å²) < 4.78 is 33.2.